The van der Waals surface area contributed by atoms with Crippen molar-refractivity contribution < 1.29 is 17.6 Å². The minimum atomic E-state index is -3.59. The highest BCUT2D eigenvalue weighted by atomic mass is 32.2. The molecule has 1 aliphatic rings. The van der Waals surface area contributed by atoms with Gasteiger partial charge in [0, 0.05) is 13.7 Å². The molecule has 1 saturated heterocycles. The Morgan fingerprint density at radius 1 is 1.47 bits per heavy atom. The van der Waals surface area contributed by atoms with Gasteiger partial charge in [0.1, 0.15) is 5.76 Å². The lowest BCUT2D eigenvalue weighted by Gasteiger charge is -2.24. The van der Waals surface area contributed by atoms with Gasteiger partial charge in [-0.15, -0.1) is 0 Å². The summed E-state index contributed by atoms with van der Waals surface area (Å²) in [5.74, 6) is 0.602. The van der Waals surface area contributed by atoms with Crippen LogP contribution in [0.1, 0.15) is 19.1 Å². The third kappa shape index (κ3) is 2.84. The zero-order chi connectivity index (χ0) is 14.0. The second-order valence-corrected chi connectivity index (χ2v) is 6.63. The smallest absolute Gasteiger partial charge is 0.276 e. The lowest BCUT2D eigenvalue weighted by molar-refractivity contribution is 0.102. The SMILES string of the molecule is CNCc1ccc(S(=O)(=O)N(C)C2CCOC2C)o1. The van der Waals surface area contributed by atoms with E-state index in [0.717, 1.165) is 0 Å². The van der Waals surface area contributed by atoms with Gasteiger partial charge in [-0.3, -0.25) is 0 Å². The second kappa shape index (κ2) is 5.62. The number of furan rings is 1. The molecule has 0 bridgehead atoms. The molecule has 0 amide bonds. The molecule has 7 heteroatoms. The maximum Gasteiger partial charge on any atom is 0.276 e. The predicted octanol–water partition coefficient (Wildman–Crippen LogP) is 0.797. The first-order chi connectivity index (χ1) is 8.96. The molecule has 6 nitrogen and oxygen atoms in total. The van der Waals surface area contributed by atoms with Crippen molar-refractivity contribution in [3.63, 3.8) is 0 Å². The molecule has 108 valence electrons. The van der Waals surface area contributed by atoms with E-state index in [2.05, 4.69) is 5.32 Å². The van der Waals surface area contributed by atoms with Crippen molar-refractivity contribution in [2.45, 2.75) is 37.1 Å². The van der Waals surface area contributed by atoms with E-state index >= 15 is 0 Å². The average molecular weight is 288 g/mol. The molecule has 2 unspecified atom stereocenters. The summed E-state index contributed by atoms with van der Waals surface area (Å²) in [6.45, 7) is 2.98. The highest BCUT2D eigenvalue weighted by Crippen LogP contribution is 2.25. The summed E-state index contributed by atoms with van der Waals surface area (Å²) < 4.78 is 37.0. The van der Waals surface area contributed by atoms with E-state index in [0.29, 0.717) is 25.3 Å². The minimum Gasteiger partial charge on any atom is -0.447 e. The molecule has 0 aliphatic carbocycles. The molecule has 1 fully saturated rings. The first-order valence-electron chi connectivity index (χ1n) is 6.29. The molecule has 2 heterocycles. The number of hydrogen-bond acceptors (Lipinski definition) is 5. The Kier molecular flexibility index (Phi) is 4.29. The van der Waals surface area contributed by atoms with Crippen molar-refractivity contribution in [3.05, 3.63) is 17.9 Å². The molecular formula is C12H20N2O4S. The summed E-state index contributed by atoms with van der Waals surface area (Å²) >= 11 is 0. The molecule has 1 aromatic heterocycles. The van der Waals surface area contributed by atoms with Gasteiger partial charge in [0.2, 0.25) is 5.09 Å². The van der Waals surface area contributed by atoms with Crippen molar-refractivity contribution in [1.29, 1.82) is 0 Å². The van der Waals surface area contributed by atoms with E-state index in [9.17, 15) is 8.42 Å². The molecule has 2 rings (SSSR count). The maximum atomic E-state index is 12.4. The van der Waals surface area contributed by atoms with Crippen molar-refractivity contribution in [2.75, 3.05) is 20.7 Å². The van der Waals surface area contributed by atoms with Crippen LogP contribution in [0.15, 0.2) is 21.6 Å². The van der Waals surface area contributed by atoms with Crippen LogP contribution in [-0.4, -0.2) is 45.6 Å². The largest absolute Gasteiger partial charge is 0.447 e. The van der Waals surface area contributed by atoms with Gasteiger partial charge in [-0.25, -0.2) is 8.42 Å². The van der Waals surface area contributed by atoms with Crippen LogP contribution in [0, 0.1) is 0 Å². The second-order valence-electron chi connectivity index (χ2n) is 4.70. The Balaban J connectivity index is 2.20. The van der Waals surface area contributed by atoms with Crippen LogP contribution in [-0.2, 0) is 21.3 Å². The van der Waals surface area contributed by atoms with Gasteiger partial charge < -0.3 is 14.5 Å². The van der Waals surface area contributed by atoms with E-state index in [4.69, 9.17) is 9.15 Å². The molecule has 0 saturated carbocycles. The molecule has 19 heavy (non-hydrogen) atoms. The van der Waals surface area contributed by atoms with Crippen molar-refractivity contribution >= 4 is 10.0 Å². The van der Waals surface area contributed by atoms with Gasteiger partial charge in [-0.05, 0) is 32.5 Å². The molecule has 1 aromatic rings. The van der Waals surface area contributed by atoms with E-state index in [1.165, 1.54) is 10.4 Å². The summed E-state index contributed by atoms with van der Waals surface area (Å²) in [5, 5.41) is 2.90. The van der Waals surface area contributed by atoms with Gasteiger partial charge in [-0.2, -0.15) is 4.31 Å². The fourth-order valence-corrected chi connectivity index (χ4v) is 3.65. The Morgan fingerprint density at radius 3 is 2.79 bits per heavy atom. The maximum absolute atomic E-state index is 12.4. The third-order valence-electron chi connectivity index (χ3n) is 3.42. The molecule has 0 spiro atoms. The Labute approximate surface area is 113 Å². The number of nitrogens with zero attached hydrogens (tertiary/aromatic N) is 1. The normalized spacial score (nSPS) is 24.2. The standard InChI is InChI=1S/C12H20N2O4S/c1-9-11(6-7-17-9)14(3)19(15,16)12-5-4-10(18-12)8-13-2/h4-5,9,11,13H,6-8H2,1-3H3. The quantitative estimate of drug-likeness (QED) is 0.867. The first-order valence-corrected chi connectivity index (χ1v) is 7.73. The predicted molar refractivity (Wildman–Crippen MR) is 70.2 cm³/mol. The van der Waals surface area contributed by atoms with Gasteiger partial charge in [0.05, 0.1) is 18.7 Å². The minimum absolute atomic E-state index is 0.0145. The average Bonchev–Trinajstić information content (AvgIpc) is 2.98. The highest BCUT2D eigenvalue weighted by molar-refractivity contribution is 7.89. The number of nitrogens with one attached hydrogen (secondary N) is 1. The van der Waals surface area contributed by atoms with Crippen LogP contribution in [0.3, 0.4) is 0 Å². The first kappa shape index (κ1) is 14.5. The fraction of sp³-hybridized carbons (Fsp3) is 0.667. The Morgan fingerprint density at radius 2 is 2.21 bits per heavy atom. The molecule has 0 radical (unpaired) electrons. The van der Waals surface area contributed by atoms with Gasteiger partial charge in [0.25, 0.3) is 10.0 Å². The lowest BCUT2D eigenvalue weighted by atomic mass is 10.2. The zero-order valence-corrected chi connectivity index (χ0v) is 12.2. The third-order valence-corrected chi connectivity index (χ3v) is 5.18. The van der Waals surface area contributed by atoms with Crippen LogP contribution >= 0.6 is 0 Å². The monoisotopic (exact) mass is 288 g/mol. The van der Waals surface area contributed by atoms with Crippen LogP contribution < -0.4 is 5.32 Å². The van der Waals surface area contributed by atoms with Crippen molar-refractivity contribution in [3.8, 4) is 0 Å². The van der Waals surface area contributed by atoms with Crippen molar-refractivity contribution in [1.82, 2.24) is 9.62 Å². The van der Waals surface area contributed by atoms with Crippen LogP contribution in [0.5, 0.6) is 0 Å². The molecule has 1 aliphatic heterocycles. The molecular weight excluding hydrogens is 268 g/mol. The highest BCUT2D eigenvalue weighted by Gasteiger charge is 2.36. The van der Waals surface area contributed by atoms with E-state index in [-0.39, 0.29) is 17.2 Å². The Bertz CT molecular complexity index is 526. The van der Waals surface area contributed by atoms with Crippen molar-refractivity contribution in [2.24, 2.45) is 0 Å². The molecule has 0 aromatic carbocycles. The number of rotatable bonds is 5. The summed E-state index contributed by atoms with van der Waals surface area (Å²) in [6.07, 6.45) is 0.618. The number of sulfonamides is 1. The number of likely N-dealkylation sites (N-methyl/N-ethyl adjacent to an activating group) is 1. The fourth-order valence-electron chi connectivity index (χ4n) is 2.28. The molecule has 1 N–H and O–H groups in total. The number of hydrogen-bond donors (Lipinski definition) is 1. The van der Waals surface area contributed by atoms with E-state index in [1.807, 2.05) is 6.92 Å². The lowest BCUT2D eigenvalue weighted by Crippen LogP contribution is -2.40. The summed E-state index contributed by atoms with van der Waals surface area (Å²) in [6, 6.07) is 3.04. The van der Waals surface area contributed by atoms with E-state index < -0.39 is 10.0 Å². The Hall–Kier alpha value is -0.890. The van der Waals surface area contributed by atoms with Crippen LogP contribution in [0.25, 0.3) is 0 Å². The van der Waals surface area contributed by atoms with Crippen LogP contribution in [0.4, 0.5) is 0 Å². The summed E-state index contributed by atoms with van der Waals surface area (Å²) in [4.78, 5) is 0. The summed E-state index contributed by atoms with van der Waals surface area (Å²) in [7, 11) is -0.241. The topological polar surface area (TPSA) is 71.8 Å². The number of ether oxygens (including phenoxy) is 1. The molecule has 2 atom stereocenters. The van der Waals surface area contributed by atoms with E-state index in [1.54, 1.807) is 20.2 Å². The van der Waals surface area contributed by atoms with Gasteiger partial charge in [-0.1, -0.05) is 0 Å². The zero-order valence-electron chi connectivity index (χ0n) is 11.4. The van der Waals surface area contributed by atoms with Crippen LogP contribution in [0.2, 0.25) is 0 Å². The van der Waals surface area contributed by atoms with Gasteiger partial charge in [0.15, 0.2) is 0 Å². The summed E-state index contributed by atoms with van der Waals surface area (Å²) in [5.41, 5.74) is 0. The van der Waals surface area contributed by atoms with Gasteiger partial charge >= 0.3 is 0 Å².